The molecule has 27 heavy (non-hydrogen) atoms. The van der Waals surface area contributed by atoms with Gasteiger partial charge in [-0.25, -0.2) is 0 Å². The number of hydrogen-bond acceptors (Lipinski definition) is 5. The molecule has 1 fully saturated rings. The Kier molecular flexibility index (Phi) is 7.20. The number of rotatable bonds is 5. The molecular weight excluding hydrogens is 370 g/mol. The molecule has 0 radical (unpaired) electrons. The summed E-state index contributed by atoms with van der Waals surface area (Å²) < 4.78 is 7.06. The first-order chi connectivity index (χ1) is 12.6. The molecule has 3 rings (SSSR count). The lowest BCUT2D eigenvalue weighted by Crippen LogP contribution is -2.32. The monoisotopic (exact) mass is 393 g/mol. The number of hydrogen-bond donors (Lipinski definition) is 3. The van der Waals surface area contributed by atoms with Crippen LogP contribution in [0.4, 0.5) is 11.4 Å². The van der Waals surface area contributed by atoms with Crippen LogP contribution >= 0.6 is 12.4 Å². The molecule has 1 atom stereocenters. The van der Waals surface area contributed by atoms with E-state index in [-0.39, 0.29) is 30.3 Å². The van der Waals surface area contributed by atoms with E-state index in [1.54, 1.807) is 24.3 Å². The van der Waals surface area contributed by atoms with Crippen molar-refractivity contribution in [3.05, 3.63) is 36.2 Å². The second-order valence-electron chi connectivity index (χ2n) is 6.23. The summed E-state index contributed by atoms with van der Waals surface area (Å²) in [6.45, 7) is 3.30. The fourth-order valence-electron chi connectivity index (χ4n) is 2.99. The van der Waals surface area contributed by atoms with Crippen LogP contribution < -0.4 is 20.7 Å². The predicted molar refractivity (Wildman–Crippen MR) is 106 cm³/mol. The highest BCUT2D eigenvalue weighted by molar-refractivity contribution is 6.03. The standard InChI is InChI=1S/C18H23N5O3.ClH/c1-12(24)20-16-10-13(5-6-17(16)26-2)21-18(25)15-7-9-23(22-15)14-4-3-8-19-11-14;/h5-7,9-10,14,19H,3-4,8,11H2,1-2H3,(H,20,24)(H,21,25);1H. The van der Waals surface area contributed by atoms with Crippen molar-refractivity contribution in [3.63, 3.8) is 0 Å². The summed E-state index contributed by atoms with van der Waals surface area (Å²) in [5, 5.41) is 13.2. The first-order valence-electron chi connectivity index (χ1n) is 8.59. The van der Waals surface area contributed by atoms with E-state index in [1.807, 2.05) is 10.9 Å². The zero-order valence-electron chi connectivity index (χ0n) is 15.3. The van der Waals surface area contributed by atoms with Gasteiger partial charge in [-0.05, 0) is 43.7 Å². The molecule has 0 aliphatic carbocycles. The lowest BCUT2D eigenvalue weighted by atomic mass is 10.1. The van der Waals surface area contributed by atoms with E-state index in [0.717, 1.165) is 25.9 Å². The molecular formula is C18H24ClN5O3. The van der Waals surface area contributed by atoms with Crippen LogP contribution in [0.15, 0.2) is 30.5 Å². The molecule has 1 aromatic heterocycles. The van der Waals surface area contributed by atoms with Gasteiger partial charge in [0.2, 0.25) is 5.91 Å². The average molecular weight is 394 g/mol. The van der Waals surface area contributed by atoms with Crippen LogP contribution in [0.5, 0.6) is 5.75 Å². The highest BCUT2D eigenvalue weighted by Gasteiger charge is 2.18. The van der Waals surface area contributed by atoms with Crippen molar-refractivity contribution >= 4 is 35.6 Å². The number of methoxy groups -OCH3 is 1. The molecule has 1 aliphatic heterocycles. The smallest absolute Gasteiger partial charge is 0.276 e. The summed E-state index contributed by atoms with van der Waals surface area (Å²) in [5.74, 6) is 0.00495. The quantitative estimate of drug-likeness (QED) is 0.724. The van der Waals surface area contributed by atoms with Crippen LogP contribution in [0, 0.1) is 0 Å². The first kappa shape index (κ1) is 20.7. The van der Waals surface area contributed by atoms with E-state index >= 15 is 0 Å². The molecule has 2 heterocycles. The maximum Gasteiger partial charge on any atom is 0.276 e. The van der Waals surface area contributed by atoms with Gasteiger partial charge >= 0.3 is 0 Å². The number of nitrogens with one attached hydrogen (secondary N) is 3. The third-order valence-electron chi connectivity index (χ3n) is 4.25. The Morgan fingerprint density at radius 3 is 2.78 bits per heavy atom. The van der Waals surface area contributed by atoms with Crippen LogP contribution in [0.2, 0.25) is 0 Å². The molecule has 2 aromatic rings. The SMILES string of the molecule is COc1ccc(NC(=O)c2ccn(C3CCCNC3)n2)cc1NC(C)=O.Cl. The van der Waals surface area contributed by atoms with Crippen LogP contribution in [-0.4, -0.2) is 41.8 Å². The minimum Gasteiger partial charge on any atom is -0.495 e. The lowest BCUT2D eigenvalue weighted by molar-refractivity contribution is -0.114. The number of carbonyl (C=O) groups excluding carboxylic acids is 2. The first-order valence-corrected chi connectivity index (χ1v) is 8.59. The van der Waals surface area contributed by atoms with Gasteiger partial charge in [0.1, 0.15) is 5.75 Å². The van der Waals surface area contributed by atoms with E-state index < -0.39 is 0 Å². The number of carbonyl (C=O) groups is 2. The van der Waals surface area contributed by atoms with E-state index in [0.29, 0.717) is 22.8 Å². The van der Waals surface area contributed by atoms with E-state index in [4.69, 9.17) is 4.74 Å². The van der Waals surface area contributed by atoms with Crippen molar-refractivity contribution in [2.45, 2.75) is 25.8 Å². The van der Waals surface area contributed by atoms with Crippen LogP contribution in [0.3, 0.4) is 0 Å². The number of piperidine rings is 1. The molecule has 0 spiro atoms. The van der Waals surface area contributed by atoms with Crippen molar-refractivity contribution in [1.82, 2.24) is 15.1 Å². The molecule has 1 unspecified atom stereocenters. The minimum absolute atomic E-state index is 0. The van der Waals surface area contributed by atoms with Gasteiger partial charge < -0.3 is 20.7 Å². The average Bonchev–Trinajstić information content (AvgIpc) is 3.12. The highest BCUT2D eigenvalue weighted by Crippen LogP contribution is 2.28. The van der Waals surface area contributed by atoms with Gasteiger partial charge in [0.05, 0.1) is 18.8 Å². The number of nitrogens with zero attached hydrogens (tertiary/aromatic N) is 2. The summed E-state index contributed by atoms with van der Waals surface area (Å²) >= 11 is 0. The van der Waals surface area contributed by atoms with Crippen molar-refractivity contribution in [3.8, 4) is 5.75 Å². The Hall–Kier alpha value is -2.58. The summed E-state index contributed by atoms with van der Waals surface area (Å²) in [5.41, 5.74) is 1.40. The van der Waals surface area contributed by atoms with Crippen molar-refractivity contribution in [2.24, 2.45) is 0 Å². The molecule has 146 valence electrons. The van der Waals surface area contributed by atoms with Gasteiger partial charge in [-0.2, -0.15) is 5.10 Å². The Bertz CT molecular complexity index is 802. The largest absolute Gasteiger partial charge is 0.495 e. The van der Waals surface area contributed by atoms with Crippen LogP contribution in [0.1, 0.15) is 36.3 Å². The number of aromatic nitrogens is 2. The molecule has 8 nitrogen and oxygen atoms in total. The van der Waals surface area contributed by atoms with Gasteiger partial charge in [-0.1, -0.05) is 0 Å². The molecule has 3 N–H and O–H groups in total. The van der Waals surface area contributed by atoms with Crippen molar-refractivity contribution in [2.75, 3.05) is 30.8 Å². The molecule has 0 bridgehead atoms. The third-order valence-corrected chi connectivity index (χ3v) is 4.25. The summed E-state index contributed by atoms with van der Waals surface area (Å²) in [7, 11) is 1.52. The van der Waals surface area contributed by atoms with Gasteiger partial charge in [0.15, 0.2) is 5.69 Å². The Balaban J connectivity index is 0.00000261. The number of benzene rings is 1. The summed E-state index contributed by atoms with van der Waals surface area (Å²) in [6, 6.07) is 7.04. The highest BCUT2D eigenvalue weighted by atomic mass is 35.5. The zero-order chi connectivity index (χ0) is 18.5. The van der Waals surface area contributed by atoms with E-state index in [9.17, 15) is 9.59 Å². The number of halogens is 1. The minimum atomic E-state index is -0.300. The number of anilines is 2. The third kappa shape index (κ3) is 5.21. The molecule has 2 amide bonds. The molecule has 1 aromatic carbocycles. The molecule has 1 aliphatic rings. The van der Waals surface area contributed by atoms with Crippen LogP contribution in [-0.2, 0) is 4.79 Å². The van der Waals surface area contributed by atoms with Crippen molar-refractivity contribution < 1.29 is 14.3 Å². The number of amides is 2. The van der Waals surface area contributed by atoms with Gasteiger partial charge in [-0.15, -0.1) is 12.4 Å². The van der Waals surface area contributed by atoms with Crippen LogP contribution in [0.25, 0.3) is 0 Å². The Labute approximate surface area is 164 Å². The number of ether oxygens (including phenoxy) is 1. The molecule has 0 saturated carbocycles. The predicted octanol–water partition coefficient (Wildman–Crippen LogP) is 2.45. The zero-order valence-corrected chi connectivity index (χ0v) is 16.1. The summed E-state index contributed by atoms with van der Waals surface area (Å²) in [6.07, 6.45) is 3.99. The van der Waals surface area contributed by atoms with Gasteiger partial charge in [0.25, 0.3) is 5.91 Å². The maximum atomic E-state index is 12.5. The lowest BCUT2D eigenvalue weighted by Gasteiger charge is -2.22. The van der Waals surface area contributed by atoms with Gasteiger partial charge in [-0.3, -0.25) is 14.3 Å². The fraction of sp³-hybridized carbons (Fsp3) is 0.389. The Morgan fingerprint density at radius 1 is 1.30 bits per heavy atom. The van der Waals surface area contributed by atoms with E-state index in [1.165, 1.54) is 14.0 Å². The second-order valence-corrected chi connectivity index (χ2v) is 6.23. The topological polar surface area (TPSA) is 97.3 Å². The normalized spacial score (nSPS) is 16.1. The Morgan fingerprint density at radius 2 is 2.11 bits per heavy atom. The second kappa shape index (κ2) is 9.38. The fourth-order valence-corrected chi connectivity index (χ4v) is 2.99. The molecule has 1 saturated heterocycles. The summed E-state index contributed by atoms with van der Waals surface area (Å²) in [4.78, 5) is 23.8. The van der Waals surface area contributed by atoms with Crippen molar-refractivity contribution in [1.29, 1.82) is 0 Å². The molecule has 9 heteroatoms. The van der Waals surface area contributed by atoms with E-state index in [2.05, 4.69) is 21.0 Å². The van der Waals surface area contributed by atoms with Gasteiger partial charge in [0, 0.05) is 25.4 Å². The maximum absolute atomic E-state index is 12.5.